The highest BCUT2D eigenvalue weighted by Gasteiger charge is 2.63. The number of aromatic amines is 1. The molecular formula is C20H22N2O2. The van der Waals surface area contributed by atoms with Gasteiger partial charge in [-0.1, -0.05) is 30.4 Å². The lowest BCUT2D eigenvalue weighted by atomic mass is 9.61. The van der Waals surface area contributed by atoms with Gasteiger partial charge in [0.15, 0.2) is 0 Å². The van der Waals surface area contributed by atoms with Crippen LogP contribution in [0.15, 0.2) is 42.6 Å². The Hall–Kier alpha value is -2.36. The van der Waals surface area contributed by atoms with Crippen molar-refractivity contribution in [3.63, 3.8) is 0 Å². The first kappa shape index (κ1) is 15.2. The number of likely N-dealkylation sites (tertiary alicyclic amines) is 1. The van der Waals surface area contributed by atoms with Crippen LogP contribution in [0.2, 0.25) is 0 Å². The Labute approximate surface area is 141 Å². The number of H-pyrrole nitrogens is 1. The zero-order chi connectivity index (χ0) is 16.9. The number of fused-ring (bicyclic) bond motifs is 2. The van der Waals surface area contributed by atoms with Crippen molar-refractivity contribution in [1.29, 1.82) is 0 Å². The van der Waals surface area contributed by atoms with Crippen molar-refractivity contribution in [2.45, 2.75) is 33.1 Å². The number of nitrogens with zero attached hydrogens (tertiary/aromatic N) is 1. The van der Waals surface area contributed by atoms with E-state index < -0.39 is 10.8 Å². The quantitative estimate of drug-likeness (QED) is 0.695. The molecule has 0 radical (unpaired) electrons. The highest BCUT2D eigenvalue weighted by molar-refractivity contribution is 6.09. The summed E-state index contributed by atoms with van der Waals surface area (Å²) < 4.78 is 0. The molecule has 1 aromatic carbocycles. The number of amides is 2. The van der Waals surface area contributed by atoms with Crippen LogP contribution in [0.25, 0.3) is 10.9 Å². The van der Waals surface area contributed by atoms with Crippen LogP contribution in [-0.2, 0) is 16.0 Å². The summed E-state index contributed by atoms with van der Waals surface area (Å²) in [5.41, 5.74) is 1.04. The maximum atomic E-state index is 13.0. The number of hydrogen-bond donors (Lipinski definition) is 1. The van der Waals surface area contributed by atoms with Crippen molar-refractivity contribution in [2.24, 2.45) is 10.8 Å². The Kier molecular flexibility index (Phi) is 3.21. The molecule has 1 fully saturated rings. The van der Waals surface area contributed by atoms with Gasteiger partial charge in [-0.2, -0.15) is 0 Å². The lowest BCUT2D eigenvalue weighted by Gasteiger charge is -2.37. The second-order valence-electron chi connectivity index (χ2n) is 7.42. The van der Waals surface area contributed by atoms with E-state index >= 15 is 0 Å². The minimum Gasteiger partial charge on any atom is -0.361 e. The van der Waals surface area contributed by atoms with Crippen LogP contribution in [0.4, 0.5) is 0 Å². The number of hydrogen-bond acceptors (Lipinski definition) is 2. The summed E-state index contributed by atoms with van der Waals surface area (Å²) in [7, 11) is 0. The van der Waals surface area contributed by atoms with E-state index in [4.69, 9.17) is 0 Å². The van der Waals surface area contributed by atoms with Crippen LogP contribution in [0.5, 0.6) is 0 Å². The number of aromatic nitrogens is 1. The lowest BCUT2D eigenvalue weighted by molar-refractivity contribution is -0.141. The Balaban J connectivity index is 1.59. The number of benzene rings is 1. The van der Waals surface area contributed by atoms with E-state index in [9.17, 15) is 9.59 Å². The topological polar surface area (TPSA) is 53.2 Å². The van der Waals surface area contributed by atoms with Crippen molar-refractivity contribution in [2.75, 3.05) is 6.54 Å². The fourth-order valence-corrected chi connectivity index (χ4v) is 4.20. The van der Waals surface area contributed by atoms with Gasteiger partial charge in [-0.25, -0.2) is 0 Å². The smallest absolute Gasteiger partial charge is 0.236 e. The third-order valence-corrected chi connectivity index (χ3v) is 6.15. The molecule has 24 heavy (non-hydrogen) atoms. The van der Waals surface area contributed by atoms with Gasteiger partial charge in [-0.3, -0.25) is 14.5 Å². The van der Waals surface area contributed by atoms with Crippen molar-refractivity contribution in [1.82, 2.24) is 9.88 Å². The minimum atomic E-state index is -0.598. The van der Waals surface area contributed by atoms with Crippen LogP contribution in [0, 0.1) is 10.8 Å². The molecule has 1 N–H and O–H groups in total. The van der Waals surface area contributed by atoms with Crippen molar-refractivity contribution in [3.8, 4) is 0 Å². The molecule has 4 rings (SSSR count). The van der Waals surface area contributed by atoms with Crippen molar-refractivity contribution in [3.05, 3.63) is 48.2 Å². The average Bonchev–Trinajstić information content (AvgIpc) is 3.06. The highest BCUT2D eigenvalue weighted by atomic mass is 16.2. The average molecular weight is 322 g/mol. The van der Waals surface area contributed by atoms with Gasteiger partial charge in [-0.15, -0.1) is 0 Å². The SMILES string of the molecule is C[C@]12CC=CC[C@]1(C)C(=O)N(CCc1c[nH]c3ccccc13)C2=O. The second-order valence-corrected chi connectivity index (χ2v) is 7.42. The van der Waals surface area contributed by atoms with Gasteiger partial charge >= 0.3 is 0 Å². The summed E-state index contributed by atoms with van der Waals surface area (Å²) in [4.78, 5) is 30.7. The molecule has 0 unspecified atom stereocenters. The molecule has 2 atom stereocenters. The largest absolute Gasteiger partial charge is 0.361 e. The molecule has 0 spiro atoms. The molecule has 2 heterocycles. The van der Waals surface area contributed by atoms with Crippen LogP contribution < -0.4 is 0 Å². The molecule has 1 aromatic heterocycles. The molecular weight excluding hydrogens is 300 g/mol. The maximum Gasteiger partial charge on any atom is 0.236 e. The van der Waals surface area contributed by atoms with Crippen LogP contribution in [0.3, 0.4) is 0 Å². The number of allylic oxidation sites excluding steroid dienone is 2. The Morgan fingerprint density at radius 1 is 1.04 bits per heavy atom. The molecule has 1 aliphatic heterocycles. The molecule has 124 valence electrons. The summed E-state index contributed by atoms with van der Waals surface area (Å²) >= 11 is 0. The number of carbonyl (C=O) groups excluding carboxylic acids is 2. The standard InChI is InChI=1S/C20H22N2O2/c1-19-10-5-6-11-20(19,2)18(24)22(17(19)23)12-9-14-13-21-16-8-4-3-7-15(14)16/h3-8,13,21H,9-12H2,1-2H3/t19-,20-/m1/s1. The molecule has 0 saturated carbocycles. The number of para-hydroxylation sites is 1. The van der Waals surface area contributed by atoms with E-state index in [1.165, 1.54) is 4.90 Å². The maximum absolute atomic E-state index is 13.0. The van der Waals surface area contributed by atoms with Crippen LogP contribution in [-0.4, -0.2) is 28.2 Å². The van der Waals surface area contributed by atoms with Gasteiger partial charge in [0, 0.05) is 23.6 Å². The first-order valence-electron chi connectivity index (χ1n) is 8.54. The molecule has 2 aliphatic rings. The summed E-state index contributed by atoms with van der Waals surface area (Å²) in [6.07, 6.45) is 8.04. The molecule has 1 aliphatic carbocycles. The predicted molar refractivity (Wildman–Crippen MR) is 93.3 cm³/mol. The first-order valence-corrected chi connectivity index (χ1v) is 8.54. The van der Waals surface area contributed by atoms with Gasteiger partial charge in [0.25, 0.3) is 0 Å². The Morgan fingerprint density at radius 3 is 2.33 bits per heavy atom. The third-order valence-electron chi connectivity index (χ3n) is 6.15. The molecule has 0 bridgehead atoms. The molecule has 1 saturated heterocycles. The van der Waals surface area contributed by atoms with E-state index in [0.717, 1.165) is 16.5 Å². The summed E-state index contributed by atoms with van der Waals surface area (Å²) in [6, 6.07) is 8.11. The molecule has 4 nitrogen and oxygen atoms in total. The normalized spacial score (nSPS) is 29.5. The van der Waals surface area contributed by atoms with Crippen LogP contribution in [0.1, 0.15) is 32.3 Å². The predicted octanol–water partition coefficient (Wildman–Crippen LogP) is 3.44. The monoisotopic (exact) mass is 322 g/mol. The fourth-order valence-electron chi connectivity index (χ4n) is 4.20. The number of carbonyl (C=O) groups is 2. The fraction of sp³-hybridized carbons (Fsp3) is 0.400. The zero-order valence-electron chi connectivity index (χ0n) is 14.1. The number of imide groups is 1. The van der Waals surface area contributed by atoms with Gasteiger partial charge < -0.3 is 4.98 Å². The summed E-state index contributed by atoms with van der Waals surface area (Å²) in [5.74, 6) is -0.0293. The van der Waals surface area contributed by atoms with Gasteiger partial charge in [0.05, 0.1) is 10.8 Å². The van der Waals surface area contributed by atoms with E-state index in [1.807, 2.05) is 50.4 Å². The first-order chi connectivity index (χ1) is 11.5. The lowest BCUT2D eigenvalue weighted by Crippen LogP contribution is -2.41. The van der Waals surface area contributed by atoms with E-state index in [1.54, 1.807) is 0 Å². The van der Waals surface area contributed by atoms with Gasteiger partial charge in [-0.05, 0) is 44.7 Å². The zero-order valence-corrected chi connectivity index (χ0v) is 14.1. The van der Waals surface area contributed by atoms with E-state index in [0.29, 0.717) is 25.8 Å². The van der Waals surface area contributed by atoms with Crippen molar-refractivity contribution < 1.29 is 9.59 Å². The molecule has 2 aromatic rings. The molecule has 2 amide bonds. The Morgan fingerprint density at radius 2 is 1.67 bits per heavy atom. The summed E-state index contributed by atoms with van der Waals surface area (Å²) in [5, 5.41) is 1.16. The second kappa shape index (κ2) is 5.07. The molecule has 4 heteroatoms. The van der Waals surface area contributed by atoms with E-state index in [2.05, 4.69) is 11.1 Å². The van der Waals surface area contributed by atoms with Crippen LogP contribution >= 0.6 is 0 Å². The highest BCUT2D eigenvalue weighted by Crippen LogP contribution is 2.54. The van der Waals surface area contributed by atoms with Gasteiger partial charge in [0.2, 0.25) is 11.8 Å². The minimum absolute atomic E-state index is 0.0146. The third kappa shape index (κ3) is 1.86. The van der Waals surface area contributed by atoms with Gasteiger partial charge in [0.1, 0.15) is 0 Å². The van der Waals surface area contributed by atoms with Crippen molar-refractivity contribution >= 4 is 22.7 Å². The number of rotatable bonds is 3. The summed E-state index contributed by atoms with van der Waals surface area (Å²) in [6.45, 7) is 4.34. The Bertz CT molecular complexity index is 833. The number of nitrogens with one attached hydrogen (secondary N) is 1. The van der Waals surface area contributed by atoms with E-state index in [-0.39, 0.29) is 11.8 Å².